The molecule has 2 N–H and O–H groups in total. The van der Waals surface area contributed by atoms with Gasteiger partial charge >= 0.3 is 0 Å². The number of nitrogens with one attached hydrogen (secondary N) is 1. The molecule has 4 aromatic rings. The smallest absolute Gasteiger partial charge is 0.269 e. The molecule has 5 rings (SSSR count). The van der Waals surface area contributed by atoms with E-state index in [2.05, 4.69) is 15.3 Å². The topological polar surface area (TPSA) is 102 Å². The molecule has 1 aliphatic rings. The number of hydrogen-bond acceptors (Lipinski definition) is 6. The maximum Gasteiger partial charge on any atom is 0.269 e. The first-order valence-corrected chi connectivity index (χ1v) is 11.0. The number of imidazole rings is 1. The fourth-order valence-electron chi connectivity index (χ4n) is 4.09. The minimum Gasteiger partial charge on any atom is -0.385 e. The maximum atomic E-state index is 13.2. The first-order chi connectivity index (χ1) is 14.0. The summed E-state index contributed by atoms with van der Waals surface area (Å²) in [4.78, 5) is 9.22. The van der Waals surface area contributed by atoms with Crippen LogP contribution in [0.2, 0.25) is 0 Å². The summed E-state index contributed by atoms with van der Waals surface area (Å²) in [5.74, 6) is 0.571. The van der Waals surface area contributed by atoms with Crippen LogP contribution in [-0.4, -0.2) is 45.1 Å². The van der Waals surface area contributed by atoms with Crippen molar-refractivity contribution in [1.82, 2.24) is 23.8 Å². The van der Waals surface area contributed by atoms with E-state index in [4.69, 9.17) is 0 Å². The van der Waals surface area contributed by atoms with Crippen LogP contribution in [0.1, 0.15) is 31.3 Å². The van der Waals surface area contributed by atoms with Gasteiger partial charge in [-0.25, -0.2) is 22.4 Å². The number of aromatic nitrogens is 4. The van der Waals surface area contributed by atoms with Gasteiger partial charge in [0.25, 0.3) is 10.0 Å². The van der Waals surface area contributed by atoms with Crippen molar-refractivity contribution in [3.63, 3.8) is 0 Å². The molecule has 8 nitrogen and oxygen atoms in total. The Balaban J connectivity index is 1.79. The molecule has 0 amide bonds. The first-order valence-electron chi connectivity index (χ1n) is 9.56. The molecule has 0 bridgehead atoms. The zero-order chi connectivity index (χ0) is 20.2. The second kappa shape index (κ2) is 6.65. The molecule has 0 radical (unpaired) electrons. The summed E-state index contributed by atoms with van der Waals surface area (Å²) in [5.41, 5.74) is 1.81. The highest BCUT2D eigenvalue weighted by atomic mass is 32.2. The van der Waals surface area contributed by atoms with Crippen LogP contribution in [-0.2, 0) is 10.0 Å². The zero-order valence-electron chi connectivity index (χ0n) is 15.9. The molecule has 29 heavy (non-hydrogen) atoms. The van der Waals surface area contributed by atoms with E-state index in [0.717, 1.165) is 25.0 Å². The van der Waals surface area contributed by atoms with Crippen LogP contribution < -0.4 is 5.32 Å². The second-order valence-electron chi connectivity index (χ2n) is 7.32. The van der Waals surface area contributed by atoms with Crippen LogP contribution in [0, 0.1) is 0 Å². The summed E-state index contributed by atoms with van der Waals surface area (Å²) in [7, 11) is -3.77. The van der Waals surface area contributed by atoms with Crippen molar-refractivity contribution >= 4 is 32.1 Å². The molecule has 1 aromatic carbocycles. The fraction of sp³-hybridized carbons (Fsp3) is 0.300. The Kier molecular flexibility index (Phi) is 4.19. The Morgan fingerprint density at radius 3 is 2.72 bits per heavy atom. The Hall–Kier alpha value is -2.75. The minimum absolute atomic E-state index is 0.143. The standard InChI is InChI=1S/C20H21N5O3S/c1-13(26)19-23-17-12-22-20-16(18(17)25(19)14-7-9-21-11-14)8-10-24(20)29(27,28)15-5-3-2-4-6-15/h2-6,8,10,12-14,21,26H,7,9,11H2,1H3/t13-,14?/m1/s1. The number of aliphatic hydroxyl groups is 1. The van der Waals surface area contributed by atoms with Crippen LogP contribution in [0.4, 0.5) is 0 Å². The number of fused-ring (bicyclic) bond motifs is 3. The first kappa shape index (κ1) is 18.3. The van der Waals surface area contributed by atoms with E-state index in [9.17, 15) is 13.5 Å². The van der Waals surface area contributed by atoms with E-state index < -0.39 is 16.1 Å². The SMILES string of the molecule is C[C@@H](O)c1nc2cnc3c(ccn3S(=O)(=O)c3ccccc3)c2n1C1CCNC1. The van der Waals surface area contributed by atoms with Gasteiger partial charge in [0.15, 0.2) is 5.65 Å². The molecule has 0 saturated carbocycles. The number of hydrogen-bond donors (Lipinski definition) is 2. The Morgan fingerprint density at radius 1 is 1.24 bits per heavy atom. The highest BCUT2D eigenvalue weighted by Gasteiger charge is 2.27. The second-order valence-corrected chi connectivity index (χ2v) is 9.14. The van der Waals surface area contributed by atoms with Crippen molar-refractivity contribution in [1.29, 1.82) is 0 Å². The van der Waals surface area contributed by atoms with Crippen molar-refractivity contribution in [3.8, 4) is 0 Å². The fourth-order valence-corrected chi connectivity index (χ4v) is 5.41. The van der Waals surface area contributed by atoms with E-state index in [1.54, 1.807) is 49.5 Å². The average Bonchev–Trinajstić information content (AvgIpc) is 3.44. The van der Waals surface area contributed by atoms with Gasteiger partial charge in [0.2, 0.25) is 0 Å². The third-order valence-corrected chi connectivity index (χ3v) is 7.11. The highest BCUT2D eigenvalue weighted by Crippen LogP contribution is 2.33. The number of pyridine rings is 1. The van der Waals surface area contributed by atoms with Crippen LogP contribution in [0.5, 0.6) is 0 Å². The van der Waals surface area contributed by atoms with Crippen molar-refractivity contribution in [2.45, 2.75) is 30.4 Å². The summed E-state index contributed by atoms with van der Waals surface area (Å²) in [6.07, 6.45) is 3.29. The van der Waals surface area contributed by atoms with Crippen molar-refractivity contribution in [3.05, 3.63) is 54.6 Å². The maximum absolute atomic E-state index is 13.2. The summed E-state index contributed by atoms with van der Waals surface area (Å²) >= 11 is 0. The van der Waals surface area contributed by atoms with Crippen LogP contribution in [0.25, 0.3) is 22.1 Å². The highest BCUT2D eigenvalue weighted by molar-refractivity contribution is 7.90. The lowest BCUT2D eigenvalue weighted by Crippen LogP contribution is -2.17. The molecule has 0 spiro atoms. The Labute approximate surface area is 167 Å². The summed E-state index contributed by atoms with van der Waals surface area (Å²) in [6.45, 7) is 3.36. The third-order valence-electron chi connectivity index (χ3n) is 5.43. The van der Waals surface area contributed by atoms with Crippen LogP contribution >= 0.6 is 0 Å². The predicted octanol–water partition coefficient (Wildman–Crippen LogP) is 2.21. The van der Waals surface area contributed by atoms with Gasteiger partial charge in [-0.1, -0.05) is 18.2 Å². The van der Waals surface area contributed by atoms with E-state index in [1.807, 2.05) is 4.57 Å². The quantitative estimate of drug-likeness (QED) is 0.534. The molecular formula is C20H21N5O3S. The van der Waals surface area contributed by atoms with Gasteiger partial charge < -0.3 is 15.0 Å². The van der Waals surface area contributed by atoms with Gasteiger partial charge in [0, 0.05) is 24.2 Å². The molecule has 3 aromatic heterocycles. The summed E-state index contributed by atoms with van der Waals surface area (Å²) in [5, 5.41) is 14.3. The minimum atomic E-state index is -3.77. The van der Waals surface area contributed by atoms with Gasteiger partial charge in [-0.2, -0.15) is 0 Å². The molecule has 1 saturated heterocycles. The lowest BCUT2D eigenvalue weighted by molar-refractivity contribution is 0.182. The van der Waals surface area contributed by atoms with Gasteiger partial charge in [0.1, 0.15) is 17.4 Å². The molecule has 1 aliphatic heterocycles. The van der Waals surface area contributed by atoms with Crippen molar-refractivity contribution in [2.24, 2.45) is 0 Å². The van der Waals surface area contributed by atoms with Crippen molar-refractivity contribution < 1.29 is 13.5 Å². The molecule has 0 aliphatic carbocycles. The van der Waals surface area contributed by atoms with Gasteiger partial charge in [0.05, 0.1) is 16.6 Å². The molecule has 1 unspecified atom stereocenters. The lowest BCUT2D eigenvalue weighted by Gasteiger charge is -2.17. The molecule has 4 heterocycles. The van der Waals surface area contributed by atoms with E-state index in [1.165, 1.54) is 10.2 Å². The number of nitrogens with zero attached hydrogens (tertiary/aromatic N) is 4. The average molecular weight is 411 g/mol. The summed E-state index contributed by atoms with van der Waals surface area (Å²) < 4.78 is 29.6. The summed E-state index contributed by atoms with van der Waals surface area (Å²) in [6, 6.07) is 10.2. The van der Waals surface area contributed by atoms with E-state index in [-0.39, 0.29) is 10.9 Å². The largest absolute Gasteiger partial charge is 0.385 e. The number of aliphatic hydroxyl groups excluding tert-OH is 1. The number of rotatable bonds is 4. The monoisotopic (exact) mass is 411 g/mol. The van der Waals surface area contributed by atoms with Crippen LogP contribution in [0.15, 0.2) is 53.7 Å². The molecule has 1 fully saturated rings. The van der Waals surface area contributed by atoms with Crippen molar-refractivity contribution in [2.75, 3.05) is 13.1 Å². The Bertz CT molecular complexity index is 1300. The predicted molar refractivity (Wildman–Crippen MR) is 109 cm³/mol. The normalized spacial score (nSPS) is 18.6. The van der Waals surface area contributed by atoms with E-state index in [0.29, 0.717) is 22.4 Å². The van der Waals surface area contributed by atoms with Gasteiger partial charge in [-0.3, -0.25) is 0 Å². The molecule has 2 atom stereocenters. The van der Waals surface area contributed by atoms with Gasteiger partial charge in [-0.05, 0) is 38.1 Å². The van der Waals surface area contributed by atoms with Crippen LogP contribution in [0.3, 0.4) is 0 Å². The third kappa shape index (κ3) is 2.77. The molecule has 150 valence electrons. The van der Waals surface area contributed by atoms with E-state index >= 15 is 0 Å². The Morgan fingerprint density at radius 2 is 2.03 bits per heavy atom. The van der Waals surface area contributed by atoms with Gasteiger partial charge in [-0.15, -0.1) is 0 Å². The zero-order valence-corrected chi connectivity index (χ0v) is 16.7. The molecule has 9 heteroatoms. The molecular weight excluding hydrogens is 390 g/mol. The lowest BCUT2D eigenvalue weighted by atomic mass is 10.2. The number of benzene rings is 1.